The lowest BCUT2D eigenvalue weighted by atomic mass is 10.0. The molecule has 2 atom stereocenters. The molecule has 1 aromatic carbocycles. The average Bonchev–Trinajstić information content (AvgIpc) is 2.29. The molecule has 0 aliphatic carbocycles. The number of nitrogens with one attached hydrogen (secondary N) is 1. The van der Waals surface area contributed by atoms with Gasteiger partial charge in [0.15, 0.2) is 9.84 Å². The van der Waals surface area contributed by atoms with Crippen LogP contribution in [0.5, 0.6) is 0 Å². The van der Waals surface area contributed by atoms with Crippen molar-refractivity contribution in [2.45, 2.75) is 31.6 Å². The fourth-order valence-corrected chi connectivity index (χ4v) is 2.75. The van der Waals surface area contributed by atoms with Gasteiger partial charge in [0.25, 0.3) is 0 Å². The van der Waals surface area contributed by atoms with Gasteiger partial charge in [0.2, 0.25) is 0 Å². The van der Waals surface area contributed by atoms with Crippen molar-refractivity contribution in [3.8, 4) is 0 Å². The van der Waals surface area contributed by atoms with Crippen LogP contribution in [-0.4, -0.2) is 32.5 Å². The summed E-state index contributed by atoms with van der Waals surface area (Å²) in [4.78, 5) is 0. The Balaban J connectivity index is 2.83. The molecule has 0 aliphatic heterocycles. The third-order valence-corrected chi connectivity index (χ3v) is 5.01. The molecule has 1 rings (SSSR count). The first-order valence-corrected chi connectivity index (χ1v) is 8.34. The van der Waals surface area contributed by atoms with E-state index in [9.17, 15) is 8.42 Å². The highest BCUT2D eigenvalue weighted by Gasteiger charge is 2.25. The number of sulfone groups is 1. The van der Waals surface area contributed by atoms with Gasteiger partial charge < -0.3 is 5.32 Å². The van der Waals surface area contributed by atoms with Crippen LogP contribution >= 0.6 is 11.6 Å². The van der Waals surface area contributed by atoms with E-state index in [1.54, 1.807) is 6.92 Å². The number of halogens is 1. The van der Waals surface area contributed by atoms with Gasteiger partial charge in [-0.1, -0.05) is 30.7 Å². The monoisotopic (exact) mass is 289 g/mol. The van der Waals surface area contributed by atoms with E-state index in [0.29, 0.717) is 11.4 Å². The Bertz CT molecular complexity index is 470. The van der Waals surface area contributed by atoms with E-state index in [0.717, 1.165) is 12.1 Å². The highest BCUT2D eigenvalue weighted by Crippen LogP contribution is 2.14. The molecule has 0 heterocycles. The molecule has 102 valence electrons. The van der Waals surface area contributed by atoms with Crippen molar-refractivity contribution in [3.63, 3.8) is 0 Å². The summed E-state index contributed by atoms with van der Waals surface area (Å²) < 4.78 is 23.3. The maximum atomic E-state index is 11.6. The lowest BCUT2D eigenvalue weighted by Crippen LogP contribution is -2.43. The summed E-state index contributed by atoms with van der Waals surface area (Å²) in [5.41, 5.74) is 1.08. The van der Waals surface area contributed by atoms with Crippen LogP contribution < -0.4 is 5.32 Å². The van der Waals surface area contributed by atoms with Gasteiger partial charge in [0.1, 0.15) is 0 Å². The second kappa shape index (κ2) is 6.55. The number of likely N-dealkylation sites (N-methyl/N-ethyl adjacent to an activating group) is 1. The lowest BCUT2D eigenvalue weighted by Gasteiger charge is -2.23. The first-order chi connectivity index (χ1) is 8.34. The zero-order chi connectivity index (χ0) is 13.8. The third-order valence-electron chi connectivity index (χ3n) is 3.08. The van der Waals surface area contributed by atoms with Gasteiger partial charge in [-0.15, -0.1) is 0 Å². The summed E-state index contributed by atoms with van der Waals surface area (Å²) in [6, 6.07) is 7.44. The molecule has 0 fully saturated rings. The van der Waals surface area contributed by atoms with E-state index in [4.69, 9.17) is 11.6 Å². The van der Waals surface area contributed by atoms with E-state index in [1.165, 1.54) is 6.26 Å². The highest BCUT2D eigenvalue weighted by molar-refractivity contribution is 7.91. The Morgan fingerprint density at radius 1 is 1.28 bits per heavy atom. The molecule has 1 N–H and O–H groups in total. The van der Waals surface area contributed by atoms with Crippen LogP contribution in [0, 0.1) is 0 Å². The second-order valence-corrected chi connectivity index (χ2v) is 7.37. The Morgan fingerprint density at radius 3 is 2.28 bits per heavy atom. The molecule has 0 saturated carbocycles. The Hall–Kier alpha value is -0.580. The van der Waals surface area contributed by atoms with E-state index >= 15 is 0 Å². The number of hydrogen-bond acceptors (Lipinski definition) is 3. The summed E-state index contributed by atoms with van der Waals surface area (Å²) in [5, 5.41) is 3.52. The van der Waals surface area contributed by atoms with Crippen molar-refractivity contribution in [1.29, 1.82) is 0 Å². The molecule has 0 saturated heterocycles. The van der Waals surface area contributed by atoms with Crippen LogP contribution in [0.15, 0.2) is 24.3 Å². The molecule has 0 bridgehead atoms. The smallest absolute Gasteiger partial charge is 0.151 e. The van der Waals surface area contributed by atoms with Crippen LogP contribution in [0.3, 0.4) is 0 Å². The molecule has 0 aromatic heterocycles. The maximum absolute atomic E-state index is 11.6. The minimum absolute atomic E-state index is 0.0776. The Morgan fingerprint density at radius 2 is 1.83 bits per heavy atom. The topological polar surface area (TPSA) is 46.2 Å². The molecular formula is C13H20ClNO2S. The lowest BCUT2D eigenvalue weighted by molar-refractivity contribution is 0.494. The molecule has 3 nitrogen and oxygen atoms in total. The van der Waals surface area contributed by atoms with Crippen LogP contribution in [0.4, 0.5) is 0 Å². The normalized spacial score (nSPS) is 15.3. The van der Waals surface area contributed by atoms with E-state index in [1.807, 2.05) is 31.2 Å². The predicted molar refractivity (Wildman–Crippen MR) is 76.9 cm³/mol. The van der Waals surface area contributed by atoms with Crippen molar-refractivity contribution in [3.05, 3.63) is 34.9 Å². The molecule has 2 unspecified atom stereocenters. The van der Waals surface area contributed by atoms with Crippen molar-refractivity contribution < 1.29 is 8.42 Å². The van der Waals surface area contributed by atoms with Gasteiger partial charge >= 0.3 is 0 Å². The summed E-state index contributed by atoms with van der Waals surface area (Å²) in [6.45, 7) is 4.47. The van der Waals surface area contributed by atoms with Gasteiger partial charge in [0.05, 0.1) is 5.25 Å². The first-order valence-electron chi connectivity index (χ1n) is 6.01. The molecule has 0 amide bonds. The van der Waals surface area contributed by atoms with Gasteiger partial charge in [-0.05, 0) is 37.6 Å². The summed E-state index contributed by atoms with van der Waals surface area (Å²) in [7, 11) is -3.04. The zero-order valence-corrected chi connectivity index (χ0v) is 12.6. The summed E-state index contributed by atoms with van der Waals surface area (Å²) >= 11 is 5.83. The van der Waals surface area contributed by atoms with Gasteiger partial charge in [-0.25, -0.2) is 8.42 Å². The standard InChI is InChI=1S/C13H20ClNO2S/c1-4-15-13(10(2)18(3,16)17)9-11-5-7-12(14)8-6-11/h5-8,10,13,15H,4,9H2,1-3H3. The fraction of sp³-hybridized carbons (Fsp3) is 0.538. The van der Waals surface area contributed by atoms with Crippen LogP contribution in [0.1, 0.15) is 19.4 Å². The van der Waals surface area contributed by atoms with E-state index < -0.39 is 15.1 Å². The van der Waals surface area contributed by atoms with E-state index in [2.05, 4.69) is 5.32 Å². The molecule has 0 spiro atoms. The molecule has 5 heteroatoms. The van der Waals surface area contributed by atoms with E-state index in [-0.39, 0.29) is 6.04 Å². The van der Waals surface area contributed by atoms with Crippen molar-refractivity contribution in [2.24, 2.45) is 0 Å². The number of hydrogen-bond donors (Lipinski definition) is 1. The Kier molecular flexibility index (Phi) is 5.63. The Labute approximate surface area is 114 Å². The van der Waals surface area contributed by atoms with Crippen LogP contribution in [0.25, 0.3) is 0 Å². The van der Waals surface area contributed by atoms with Crippen LogP contribution in [0.2, 0.25) is 5.02 Å². The van der Waals surface area contributed by atoms with Gasteiger partial charge in [-0.3, -0.25) is 0 Å². The van der Waals surface area contributed by atoms with Crippen LogP contribution in [-0.2, 0) is 16.3 Å². The first kappa shape index (κ1) is 15.5. The number of benzene rings is 1. The SMILES string of the molecule is CCNC(Cc1ccc(Cl)cc1)C(C)S(C)(=O)=O. The van der Waals surface area contributed by atoms with Gasteiger partial charge in [0, 0.05) is 17.3 Å². The minimum atomic E-state index is -3.04. The largest absolute Gasteiger partial charge is 0.313 e. The second-order valence-electron chi connectivity index (χ2n) is 4.53. The fourth-order valence-electron chi connectivity index (χ4n) is 1.84. The molecule has 1 aromatic rings. The third kappa shape index (κ3) is 4.59. The molecule has 18 heavy (non-hydrogen) atoms. The zero-order valence-electron chi connectivity index (χ0n) is 11.0. The number of rotatable bonds is 6. The maximum Gasteiger partial charge on any atom is 0.151 e. The quantitative estimate of drug-likeness (QED) is 0.874. The van der Waals surface area contributed by atoms with Crippen molar-refractivity contribution in [1.82, 2.24) is 5.32 Å². The van der Waals surface area contributed by atoms with Crippen molar-refractivity contribution >= 4 is 21.4 Å². The highest BCUT2D eigenvalue weighted by atomic mass is 35.5. The molecular weight excluding hydrogens is 270 g/mol. The summed E-state index contributed by atoms with van der Waals surface area (Å²) in [6.07, 6.45) is 1.96. The summed E-state index contributed by atoms with van der Waals surface area (Å²) in [5.74, 6) is 0. The molecule has 0 radical (unpaired) electrons. The minimum Gasteiger partial charge on any atom is -0.313 e. The molecule has 0 aliphatic rings. The predicted octanol–water partition coefficient (Wildman–Crippen LogP) is 2.29. The van der Waals surface area contributed by atoms with Crippen molar-refractivity contribution in [2.75, 3.05) is 12.8 Å². The van der Waals surface area contributed by atoms with Gasteiger partial charge in [-0.2, -0.15) is 0 Å². The average molecular weight is 290 g/mol.